The lowest BCUT2D eigenvalue weighted by Crippen LogP contribution is -2.70. The first kappa shape index (κ1) is 33.1. The number of rotatable bonds is 12. The van der Waals surface area contributed by atoms with Gasteiger partial charge >= 0.3 is 5.97 Å². The second-order valence-corrected chi connectivity index (χ2v) is 14.9. The number of nitrogens with one attached hydrogen (secondary N) is 2. The van der Waals surface area contributed by atoms with Gasteiger partial charge in [0.05, 0.1) is 11.3 Å². The number of anilines is 1. The van der Waals surface area contributed by atoms with Crippen LogP contribution in [0, 0.1) is 6.92 Å². The highest BCUT2D eigenvalue weighted by atomic mass is 79.9. The lowest BCUT2D eigenvalue weighted by molar-refractivity contribution is -0.154. The number of aryl methyl sites for hydroxylation is 1. The average molecular weight is 770 g/mol. The standard InChI is InChI=1S/C31H25BrN6O5S4/c1-17-36-37-31(47-17)46-14-20-13-44-28-23(35-26(40)21(12-32)22-15-45-30(34-22)33-16-39)27(41)38(28)24(20)29(42)43-25(18-8-4-2-5-9-18)19-10-6-3-7-11-19/h2-12,15-16,23,25,28H,13-14H2,1H3,(H,35,40)(H,33,34,39)/b21-12+/t23?,28-/m1/s1. The monoisotopic (exact) mass is 768 g/mol. The number of aromatic nitrogens is 3. The molecule has 0 spiro atoms. The molecule has 1 saturated heterocycles. The molecule has 0 bridgehead atoms. The van der Waals surface area contributed by atoms with Crippen molar-refractivity contribution >= 4 is 97.0 Å². The zero-order valence-corrected chi connectivity index (χ0v) is 29.3. The van der Waals surface area contributed by atoms with Crippen molar-refractivity contribution in [2.75, 3.05) is 16.8 Å². The fourth-order valence-electron chi connectivity index (χ4n) is 4.97. The predicted octanol–water partition coefficient (Wildman–Crippen LogP) is 5.39. The van der Waals surface area contributed by atoms with Crippen molar-refractivity contribution in [2.45, 2.75) is 28.8 Å². The van der Waals surface area contributed by atoms with Crippen molar-refractivity contribution in [1.82, 2.24) is 25.4 Å². The summed E-state index contributed by atoms with van der Waals surface area (Å²) in [6.07, 6.45) is -0.206. The molecule has 4 aromatic rings. The Kier molecular flexibility index (Phi) is 10.5. The largest absolute Gasteiger partial charge is 0.448 e. The van der Waals surface area contributed by atoms with Gasteiger partial charge in [-0.2, -0.15) is 0 Å². The van der Waals surface area contributed by atoms with Crippen molar-refractivity contribution in [3.63, 3.8) is 0 Å². The van der Waals surface area contributed by atoms with Crippen LogP contribution in [0.15, 0.2) is 86.6 Å². The van der Waals surface area contributed by atoms with Gasteiger partial charge < -0.3 is 15.4 Å². The highest BCUT2D eigenvalue weighted by Gasteiger charge is 2.54. The van der Waals surface area contributed by atoms with Gasteiger partial charge in [0.15, 0.2) is 15.6 Å². The molecule has 240 valence electrons. The van der Waals surface area contributed by atoms with Crippen molar-refractivity contribution in [2.24, 2.45) is 0 Å². The molecule has 6 rings (SSSR count). The molecule has 2 N–H and O–H groups in total. The van der Waals surface area contributed by atoms with Crippen LogP contribution in [0.3, 0.4) is 0 Å². The summed E-state index contributed by atoms with van der Waals surface area (Å²) < 4.78 is 6.98. The first-order valence-electron chi connectivity index (χ1n) is 14.1. The van der Waals surface area contributed by atoms with E-state index in [1.54, 1.807) is 5.38 Å². The highest BCUT2D eigenvalue weighted by Crippen LogP contribution is 2.43. The van der Waals surface area contributed by atoms with Gasteiger partial charge in [-0.3, -0.25) is 19.3 Å². The summed E-state index contributed by atoms with van der Waals surface area (Å²) in [5, 5.41) is 15.8. The van der Waals surface area contributed by atoms with E-state index in [4.69, 9.17) is 4.74 Å². The summed E-state index contributed by atoms with van der Waals surface area (Å²) in [5.41, 5.74) is 2.99. The number of esters is 1. The minimum atomic E-state index is -0.886. The first-order valence-corrected chi connectivity index (χ1v) is 18.7. The second-order valence-electron chi connectivity index (χ2n) is 10.1. The van der Waals surface area contributed by atoms with Crippen molar-refractivity contribution in [1.29, 1.82) is 0 Å². The smallest absolute Gasteiger partial charge is 0.356 e. The minimum Gasteiger partial charge on any atom is -0.448 e. The maximum Gasteiger partial charge on any atom is 0.356 e. The van der Waals surface area contributed by atoms with Crippen LogP contribution in [0.25, 0.3) is 5.57 Å². The highest BCUT2D eigenvalue weighted by molar-refractivity contribution is 9.11. The Balaban J connectivity index is 1.26. The van der Waals surface area contributed by atoms with Gasteiger partial charge in [0.1, 0.15) is 22.1 Å². The number of β-lactam (4-membered cyclic amide) rings is 1. The normalized spacial score (nSPS) is 17.6. The number of nitrogens with zero attached hydrogens (tertiary/aromatic N) is 4. The topological polar surface area (TPSA) is 143 Å². The molecule has 2 aliphatic rings. The molecule has 4 heterocycles. The summed E-state index contributed by atoms with van der Waals surface area (Å²) in [5.74, 6) is -0.751. The van der Waals surface area contributed by atoms with E-state index in [0.29, 0.717) is 28.7 Å². The van der Waals surface area contributed by atoms with E-state index >= 15 is 0 Å². The number of benzene rings is 2. The molecule has 1 fully saturated rings. The third kappa shape index (κ3) is 7.21. The SMILES string of the molecule is Cc1nnc(SCC2=C(C(=O)OC(c3ccccc3)c3ccccc3)N3C(=O)C(NC(=O)/C(=C/Br)c4csc(NC=O)n4)[C@H]3SC2)s1. The number of hydrogen-bond acceptors (Lipinski definition) is 12. The Bertz CT molecular complexity index is 1830. The summed E-state index contributed by atoms with van der Waals surface area (Å²) in [4.78, 5) is 59.2. The van der Waals surface area contributed by atoms with Gasteiger partial charge in [-0.1, -0.05) is 99.7 Å². The molecule has 2 aromatic heterocycles. The Morgan fingerprint density at radius 2 is 1.83 bits per heavy atom. The summed E-state index contributed by atoms with van der Waals surface area (Å²) >= 11 is 8.74. The van der Waals surface area contributed by atoms with E-state index in [0.717, 1.165) is 37.4 Å². The molecular weight excluding hydrogens is 745 g/mol. The molecule has 0 aliphatic carbocycles. The fourth-order valence-corrected chi connectivity index (χ4v) is 9.38. The predicted molar refractivity (Wildman–Crippen MR) is 187 cm³/mol. The van der Waals surface area contributed by atoms with Gasteiger partial charge in [-0.15, -0.1) is 33.3 Å². The maximum atomic E-state index is 14.2. The Hall–Kier alpha value is -3.83. The Morgan fingerprint density at radius 3 is 2.45 bits per heavy atom. The molecule has 2 atom stereocenters. The number of hydrogen-bond donors (Lipinski definition) is 2. The molecule has 0 saturated carbocycles. The van der Waals surface area contributed by atoms with Crippen LogP contribution in [0.4, 0.5) is 5.13 Å². The Labute approximate surface area is 294 Å². The van der Waals surface area contributed by atoms with Gasteiger partial charge in [0.2, 0.25) is 6.41 Å². The molecule has 47 heavy (non-hydrogen) atoms. The Morgan fingerprint density at radius 1 is 1.13 bits per heavy atom. The number of carbonyl (C=O) groups is 4. The third-order valence-electron chi connectivity index (χ3n) is 7.15. The van der Waals surface area contributed by atoms with E-state index < -0.39 is 35.3 Å². The molecule has 3 amide bonds. The number of ether oxygens (including phenoxy) is 1. The minimum absolute atomic E-state index is 0.176. The van der Waals surface area contributed by atoms with Gasteiger partial charge in [-0.05, 0) is 28.6 Å². The lowest BCUT2D eigenvalue weighted by Gasteiger charge is -2.49. The molecule has 2 aromatic carbocycles. The van der Waals surface area contributed by atoms with Crippen LogP contribution in [-0.4, -0.2) is 67.2 Å². The molecular formula is C31H25BrN6O5S4. The zero-order valence-electron chi connectivity index (χ0n) is 24.5. The number of halogens is 1. The van der Waals surface area contributed by atoms with Crippen molar-refractivity contribution in [3.05, 3.63) is 104 Å². The van der Waals surface area contributed by atoms with Gasteiger partial charge in [0, 0.05) is 16.9 Å². The van der Waals surface area contributed by atoms with E-state index in [2.05, 4.69) is 41.7 Å². The number of fused-ring (bicyclic) bond motifs is 1. The first-order chi connectivity index (χ1) is 22.9. The number of carbonyl (C=O) groups excluding carboxylic acids is 4. The number of thiazole rings is 1. The van der Waals surface area contributed by atoms with Crippen LogP contribution in [-0.2, 0) is 23.9 Å². The quantitative estimate of drug-likeness (QED) is 0.0634. The lowest BCUT2D eigenvalue weighted by atomic mass is 10.0. The molecule has 2 aliphatic heterocycles. The van der Waals surface area contributed by atoms with Gasteiger partial charge in [0.25, 0.3) is 11.8 Å². The van der Waals surface area contributed by atoms with Crippen LogP contribution in [0.1, 0.15) is 27.9 Å². The summed E-state index contributed by atoms with van der Waals surface area (Å²) in [6, 6.07) is 18.0. The van der Waals surface area contributed by atoms with E-state index in [-0.39, 0.29) is 11.3 Å². The number of thioether (sulfide) groups is 2. The van der Waals surface area contributed by atoms with Crippen molar-refractivity contribution < 1.29 is 23.9 Å². The van der Waals surface area contributed by atoms with E-state index in [1.165, 1.54) is 44.7 Å². The third-order valence-corrected chi connectivity index (χ3v) is 11.8. The second kappa shape index (κ2) is 14.9. The average Bonchev–Trinajstić information content (AvgIpc) is 3.74. The maximum absolute atomic E-state index is 14.2. The van der Waals surface area contributed by atoms with Crippen LogP contribution < -0.4 is 10.6 Å². The zero-order chi connectivity index (χ0) is 32.9. The fraction of sp³-hybridized carbons (Fsp3) is 0.194. The molecule has 1 unspecified atom stereocenters. The van der Waals surface area contributed by atoms with Gasteiger partial charge in [-0.25, -0.2) is 9.78 Å². The van der Waals surface area contributed by atoms with Crippen LogP contribution in [0.2, 0.25) is 0 Å². The summed E-state index contributed by atoms with van der Waals surface area (Å²) in [7, 11) is 0. The molecule has 16 heteroatoms. The van der Waals surface area contributed by atoms with Crippen molar-refractivity contribution in [3.8, 4) is 0 Å². The summed E-state index contributed by atoms with van der Waals surface area (Å²) in [6.45, 7) is 1.87. The van der Waals surface area contributed by atoms with Crippen LogP contribution >= 0.6 is 62.1 Å². The molecule has 11 nitrogen and oxygen atoms in total. The molecule has 0 radical (unpaired) electrons. The van der Waals surface area contributed by atoms with E-state index in [9.17, 15) is 19.2 Å². The van der Waals surface area contributed by atoms with E-state index in [1.807, 2.05) is 67.6 Å². The van der Waals surface area contributed by atoms with Crippen LogP contribution in [0.5, 0.6) is 0 Å². The number of amides is 3.